The summed E-state index contributed by atoms with van der Waals surface area (Å²) in [6.07, 6.45) is 0.220. The molecule has 2 nitrogen and oxygen atoms in total. The molecule has 2 heteroatoms. The lowest BCUT2D eigenvalue weighted by molar-refractivity contribution is -0.125. The second kappa shape index (κ2) is 3.87. The molecule has 8 heavy (non-hydrogen) atoms. The first kappa shape index (κ1) is 7.92. The van der Waals surface area contributed by atoms with Crippen molar-refractivity contribution in [3.8, 4) is 0 Å². The van der Waals surface area contributed by atoms with Crippen LogP contribution in [0.15, 0.2) is 0 Å². The van der Waals surface area contributed by atoms with Crippen molar-refractivity contribution in [2.45, 2.75) is 39.6 Å². The van der Waals surface area contributed by atoms with Crippen molar-refractivity contribution >= 4 is 0 Å². The van der Waals surface area contributed by atoms with E-state index < -0.39 is 6.29 Å². The first-order chi connectivity index (χ1) is 3.66. The zero-order chi connectivity index (χ0) is 6.57. The Labute approximate surface area is 50.5 Å². The van der Waals surface area contributed by atoms with Crippen LogP contribution in [0.5, 0.6) is 0 Å². The molecule has 0 aliphatic carbocycles. The summed E-state index contributed by atoms with van der Waals surface area (Å²) >= 11 is 0. The van der Waals surface area contributed by atoms with Crippen molar-refractivity contribution in [2.24, 2.45) is 0 Å². The highest BCUT2D eigenvalue weighted by Crippen LogP contribution is 1.96. The van der Waals surface area contributed by atoms with E-state index in [4.69, 9.17) is 9.84 Å². The van der Waals surface area contributed by atoms with E-state index in [2.05, 4.69) is 0 Å². The van der Waals surface area contributed by atoms with Gasteiger partial charge in [-0.05, 0) is 20.3 Å². The van der Waals surface area contributed by atoms with Crippen molar-refractivity contribution in [2.75, 3.05) is 0 Å². The molecule has 0 fully saturated rings. The quantitative estimate of drug-likeness (QED) is 0.563. The lowest BCUT2D eigenvalue weighted by Gasteiger charge is -2.11. The van der Waals surface area contributed by atoms with Gasteiger partial charge in [-0.2, -0.15) is 0 Å². The molecule has 50 valence electrons. The number of hydrogen-bond acceptors (Lipinski definition) is 2. The van der Waals surface area contributed by atoms with Crippen molar-refractivity contribution in [1.29, 1.82) is 0 Å². The molecule has 0 amide bonds. The molecule has 0 rings (SSSR count). The van der Waals surface area contributed by atoms with Gasteiger partial charge in [0.2, 0.25) is 0 Å². The van der Waals surface area contributed by atoms with Gasteiger partial charge in [-0.15, -0.1) is 0 Å². The van der Waals surface area contributed by atoms with Crippen molar-refractivity contribution in [1.82, 2.24) is 0 Å². The molecule has 1 unspecified atom stereocenters. The average molecular weight is 118 g/mol. The first-order valence-corrected chi connectivity index (χ1v) is 3.00. The van der Waals surface area contributed by atoms with Crippen LogP contribution in [0, 0.1) is 0 Å². The van der Waals surface area contributed by atoms with E-state index in [1.54, 1.807) is 0 Å². The van der Waals surface area contributed by atoms with Gasteiger partial charge in [-0.1, -0.05) is 6.92 Å². The Kier molecular flexibility index (Phi) is 3.83. The standard InChI is InChI=1S/C6H14O2/c1-4-6(7)8-5(2)3/h5-7H,4H2,1-3H3. The number of rotatable bonds is 3. The van der Waals surface area contributed by atoms with Gasteiger partial charge in [0.05, 0.1) is 6.10 Å². The Morgan fingerprint density at radius 3 is 2.12 bits per heavy atom. The predicted molar refractivity (Wildman–Crippen MR) is 32.5 cm³/mol. The normalized spacial score (nSPS) is 14.6. The van der Waals surface area contributed by atoms with E-state index in [0.29, 0.717) is 6.42 Å². The molecule has 0 aliphatic rings. The largest absolute Gasteiger partial charge is 0.368 e. The maximum Gasteiger partial charge on any atom is 0.154 e. The van der Waals surface area contributed by atoms with E-state index in [-0.39, 0.29) is 6.10 Å². The SMILES string of the molecule is CCC(O)OC(C)C. The van der Waals surface area contributed by atoms with Crippen molar-refractivity contribution in [3.05, 3.63) is 0 Å². The molecule has 0 aromatic rings. The summed E-state index contributed by atoms with van der Waals surface area (Å²) in [5, 5.41) is 8.81. The van der Waals surface area contributed by atoms with E-state index in [9.17, 15) is 0 Å². The van der Waals surface area contributed by atoms with Crippen LogP contribution in [0.3, 0.4) is 0 Å². The van der Waals surface area contributed by atoms with Crippen LogP contribution in [0.4, 0.5) is 0 Å². The molecule has 1 N–H and O–H groups in total. The molecule has 1 atom stereocenters. The number of aliphatic hydroxyl groups excluding tert-OH is 1. The molecule has 0 spiro atoms. The Hall–Kier alpha value is -0.0800. The summed E-state index contributed by atoms with van der Waals surface area (Å²) in [5.41, 5.74) is 0. The highest BCUT2D eigenvalue weighted by atomic mass is 16.6. The smallest absolute Gasteiger partial charge is 0.154 e. The second-order valence-corrected chi connectivity index (χ2v) is 2.05. The summed E-state index contributed by atoms with van der Waals surface area (Å²) in [6.45, 7) is 5.69. The monoisotopic (exact) mass is 118 g/mol. The zero-order valence-corrected chi connectivity index (χ0v) is 5.72. The van der Waals surface area contributed by atoms with Crippen LogP contribution in [0.25, 0.3) is 0 Å². The molecule has 0 bridgehead atoms. The third-order valence-electron chi connectivity index (χ3n) is 0.778. The van der Waals surface area contributed by atoms with Gasteiger partial charge in [0.1, 0.15) is 0 Å². The summed E-state index contributed by atoms with van der Waals surface area (Å²) in [6, 6.07) is 0. The lowest BCUT2D eigenvalue weighted by Crippen LogP contribution is -2.15. The Balaban J connectivity index is 3.10. The minimum Gasteiger partial charge on any atom is -0.368 e. The van der Waals surface area contributed by atoms with Gasteiger partial charge in [0.15, 0.2) is 6.29 Å². The molecule has 0 heterocycles. The van der Waals surface area contributed by atoms with Crippen LogP contribution >= 0.6 is 0 Å². The highest BCUT2D eigenvalue weighted by molar-refractivity contribution is 4.39. The van der Waals surface area contributed by atoms with Crippen LogP contribution < -0.4 is 0 Å². The van der Waals surface area contributed by atoms with Gasteiger partial charge in [-0.25, -0.2) is 0 Å². The van der Waals surface area contributed by atoms with Gasteiger partial charge in [0, 0.05) is 0 Å². The molecule has 0 aliphatic heterocycles. The molecule has 0 radical (unpaired) electrons. The first-order valence-electron chi connectivity index (χ1n) is 3.00. The molecule has 0 aromatic carbocycles. The summed E-state index contributed by atoms with van der Waals surface area (Å²) in [5.74, 6) is 0. The Morgan fingerprint density at radius 1 is 1.50 bits per heavy atom. The molecule has 0 aromatic heterocycles. The fourth-order valence-corrected chi connectivity index (χ4v) is 0.410. The van der Waals surface area contributed by atoms with Crippen molar-refractivity contribution in [3.63, 3.8) is 0 Å². The van der Waals surface area contributed by atoms with E-state index in [0.717, 1.165) is 0 Å². The Morgan fingerprint density at radius 2 is 2.00 bits per heavy atom. The maximum absolute atomic E-state index is 8.81. The van der Waals surface area contributed by atoms with Crippen LogP contribution in [-0.2, 0) is 4.74 Å². The van der Waals surface area contributed by atoms with Crippen molar-refractivity contribution < 1.29 is 9.84 Å². The van der Waals surface area contributed by atoms with Gasteiger partial charge >= 0.3 is 0 Å². The molecule has 0 saturated carbocycles. The van der Waals surface area contributed by atoms with Gasteiger partial charge < -0.3 is 9.84 Å². The molecular weight excluding hydrogens is 104 g/mol. The third-order valence-corrected chi connectivity index (χ3v) is 0.778. The topological polar surface area (TPSA) is 29.5 Å². The minimum atomic E-state index is -0.574. The van der Waals surface area contributed by atoms with E-state index in [1.165, 1.54) is 0 Å². The maximum atomic E-state index is 8.81. The average Bonchev–Trinajstić information content (AvgIpc) is 1.65. The summed E-state index contributed by atoms with van der Waals surface area (Å²) < 4.78 is 4.95. The minimum absolute atomic E-state index is 0.130. The molecule has 0 saturated heterocycles. The van der Waals surface area contributed by atoms with E-state index >= 15 is 0 Å². The van der Waals surface area contributed by atoms with Gasteiger partial charge in [-0.3, -0.25) is 0 Å². The Bertz CT molecular complexity index is 52.5. The third kappa shape index (κ3) is 4.09. The number of hydrogen-bond donors (Lipinski definition) is 1. The second-order valence-electron chi connectivity index (χ2n) is 2.05. The number of ether oxygens (including phenoxy) is 1. The van der Waals surface area contributed by atoms with Crippen LogP contribution in [0.1, 0.15) is 27.2 Å². The van der Waals surface area contributed by atoms with E-state index in [1.807, 2.05) is 20.8 Å². The van der Waals surface area contributed by atoms with Gasteiger partial charge in [0.25, 0.3) is 0 Å². The number of aliphatic hydroxyl groups is 1. The van der Waals surface area contributed by atoms with Crippen LogP contribution in [0.2, 0.25) is 0 Å². The lowest BCUT2D eigenvalue weighted by atomic mass is 10.4. The fourth-order valence-electron chi connectivity index (χ4n) is 0.410. The predicted octanol–water partition coefficient (Wildman–Crippen LogP) is 1.14. The fraction of sp³-hybridized carbons (Fsp3) is 1.00. The highest BCUT2D eigenvalue weighted by Gasteiger charge is 2.00. The van der Waals surface area contributed by atoms with Crippen LogP contribution in [-0.4, -0.2) is 17.5 Å². The summed E-state index contributed by atoms with van der Waals surface area (Å²) in [7, 11) is 0. The summed E-state index contributed by atoms with van der Waals surface area (Å²) in [4.78, 5) is 0. The molecular formula is C6H14O2. The zero-order valence-electron chi connectivity index (χ0n) is 5.72.